The number of hydrogen-bond donors (Lipinski definition) is 1. The Hall–Kier alpha value is -3.29. The summed E-state index contributed by atoms with van der Waals surface area (Å²) in [5.41, 5.74) is 0.925. The highest BCUT2D eigenvalue weighted by molar-refractivity contribution is 6.04. The van der Waals surface area contributed by atoms with E-state index in [2.05, 4.69) is 5.32 Å². The third-order valence-corrected chi connectivity index (χ3v) is 4.88. The number of nitrogens with one attached hydrogen (secondary N) is 1. The number of fused-ring (bicyclic) bond motifs is 1. The minimum atomic E-state index is -0.327. The summed E-state index contributed by atoms with van der Waals surface area (Å²) in [5.74, 6) is 0.387. The summed E-state index contributed by atoms with van der Waals surface area (Å²) in [5, 5.41) is 2.72. The van der Waals surface area contributed by atoms with E-state index in [1.807, 2.05) is 0 Å². The number of likely N-dealkylation sites (tertiary alicyclic amines) is 1. The highest BCUT2D eigenvalue weighted by Crippen LogP contribution is 2.33. The van der Waals surface area contributed by atoms with Gasteiger partial charge in [0.05, 0.1) is 18.5 Å². The molecule has 2 aliphatic rings. The van der Waals surface area contributed by atoms with Crippen molar-refractivity contribution in [2.75, 3.05) is 31.1 Å². The lowest BCUT2D eigenvalue weighted by atomic mass is 10.1. The predicted octanol–water partition coefficient (Wildman–Crippen LogP) is 1.56. The van der Waals surface area contributed by atoms with Crippen LogP contribution in [0.3, 0.4) is 0 Å². The van der Waals surface area contributed by atoms with E-state index in [-0.39, 0.29) is 37.4 Å². The number of benzene rings is 1. The van der Waals surface area contributed by atoms with E-state index in [4.69, 9.17) is 9.15 Å². The standard InChI is InChI=1S/C20H21N3O5/c24-18(21-11-15-4-3-9-27-15)12-23-16-10-14(20(26)22-7-1-2-8-22)5-6-17(16)28-13-19(23)25/h3-6,9-10H,1-2,7-8,11-13H2,(H,21,24). The number of rotatable bonds is 5. The Morgan fingerprint density at radius 3 is 2.71 bits per heavy atom. The second-order valence-corrected chi connectivity index (χ2v) is 6.81. The van der Waals surface area contributed by atoms with Gasteiger partial charge in [-0.25, -0.2) is 0 Å². The number of furan rings is 1. The highest BCUT2D eigenvalue weighted by Gasteiger charge is 2.29. The molecule has 1 saturated heterocycles. The summed E-state index contributed by atoms with van der Waals surface area (Å²) in [6, 6.07) is 8.50. The second kappa shape index (κ2) is 7.75. The molecular formula is C20H21N3O5. The Balaban J connectivity index is 1.50. The van der Waals surface area contributed by atoms with Crippen LogP contribution in [0.25, 0.3) is 0 Å². The first-order chi connectivity index (χ1) is 13.6. The van der Waals surface area contributed by atoms with Crippen LogP contribution in [0, 0.1) is 0 Å². The molecule has 2 aliphatic heterocycles. The summed E-state index contributed by atoms with van der Waals surface area (Å²) in [6.07, 6.45) is 3.53. The Kier molecular flexibility index (Phi) is 5.01. The topological polar surface area (TPSA) is 92.1 Å². The van der Waals surface area contributed by atoms with Crippen molar-refractivity contribution in [1.82, 2.24) is 10.2 Å². The number of nitrogens with zero attached hydrogens (tertiary/aromatic N) is 2. The smallest absolute Gasteiger partial charge is 0.265 e. The van der Waals surface area contributed by atoms with Crippen LogP contribution in [0.15, 0.2) is 41.0 Å². The molecule has 1 aromatic heterocycles. The van der Waals surface area contributed by atoms with Gasteiger partial charge in [0.1, 0.15) is 18.1 Å². The first-order valence-corrected chi connectivity index (χ1v) is 9.27. The average Bonchev–Trinajstić information content (AvgIpc) is 3.42. The molecule has 2 aromatic rings. The van der Waals surface area contributed by atoms with E-state index in [9.17, 15) is 14.4 Å². The average molecular weight is 383 g/mol. The van der Waals surface area contributed by atoms with E-state index in [1.165, 1.54) is 11.2 Å². The third-order valence-electron chi connectivity index (χ3n) is 4.88. The van der Waals surface area contributed by atoms with Gasteiger partial charge in [0, 0.05) is 18.7 Å². The Morgan fingerprint density at radius 2 is 1.96 bits per heavy atom. The van der Waals surface area contributed by atoms with Crippen molar-refractivity contribution in [2.45, 2.75) is 19.4 Å². The van der Waals surface area contributed by atoms with Gasteiger partial charge in [0.2, 0.25) is 5.91 Å². The minimum absolute atomic E-state index is 0.0689. The lowest BCUT2D eigenvalue weighted by Crippen LogP contribution is -2.45. The second-order valence-electron chi connectivity index (χ2n) is 6.81. The molecule has 0 saturated carbocycles. The zero-order chi connectivity index (χ0) is 19.5. The van der Waals surface area contributed by atoms with E-state index in [1.54, 1.807) is 35.2 Å². The Labute approximate surface area is 162 Å². The molecule has 4 rings (SSSR count). The van der Waals surface area contributed by atoms with Crippen LogP contribution in [-0.4, -0.2) is 48.9 Å². The normalized spacial score (nSPS) is 15.9. The lowest BCUT2D eigenvalue weighted by Gasteiger charge is -2.29. The van der Waals surface area contributed by atoms with Gasteiger partial charge in [0.25, 0.3) is 11.8 Å². The van der Waals surface area contributed by atoms with Gasteiger partial charge < -0.3 is 19.4 Å². The molecule has 0 radical (unpaired) electrons. The molecule has 3 amide bonds. The first-order valence-electron chi connectivity index (χ1n) is 9.27. The van der Waals surface area contributed by atoms with Crippen molar-refractivity contribution >= 4 is 23.4 Å². The maximum atomic E-state index is 12.7. The zero-order valence-corrected chi connectivity index (χ0v) is 15.3. The van der Waals surface area contributed by atoms with E-state index in [0.29, 0.717) is 22.8 Å². The molecule has 8 nitrogen and oxygen atoms in total. The molecule has 0 bridgehead atoms. The predicted molar refractivity (Wildman–Crippen MR) is 100.0 cm³/mol. The number of ether oxygens (including phenoxy) is 1. The van der Waals surface area contributed by atoms with Gasteiger partial charge in [0.15, 0.2) is 6.61 Å². The van der Waals surface area contributed by atoms with Crippen LogP contribution >= 0.6 is 0 Å². The van der Waals surface area contributed by atoms with E-state index < -0.39 is 0 Å². The van der Waals surface area contributed by atoms with Crippen LogP contribution < -0.4 is 15.0 Å². The molecule has 1 fully saturated rings. The van der Waals surface area contributed by atoms with Crippen LogP contribution in [0.1, 0.15) is 29.0 Å². The van der Waals surface area contributed by atoms with Gasteiger partial charge in [-0.1, -0.05) is 0 Å². The van der Waals surface area contributed by atoms with Gasteiger partial charge in [-0.3, -0.25) is 19.3 Å². The Bertz CT molecular complexity index is 887. The summed E-state index contributed by atoms with van der Waals surface area (Å²) in [4.78, 5) is 40.5. The van der Waals surface area contributed by atoms with Crippen LogP contribution in [0.4, 0.5) is 5.69 Å². The summed E-state index contributed by atoms with van der Waals surface area (Å²) >= 11 is 0. The molecule has 8 heteroatoms. The largest absolute Gasteiger partial charge is 0.482 e. The minimum Gasteiger partial charge on any atom is -0.482 e. The fraction of sp³-hybridized carbons (Fsp3) is 0.350. The van der Waals surface area contributed by atoms with Gasteiger partial charge in [-0.2, -0.15) is 0 Å². The van der Waals surface area contributed by atoms with Crippen molar-refractivity contribution in [2.24, 2.45) is 0 Å². The number of anilines is 1. The third kappa shape index (κ3) is 3.71. The quantitative estimate of drug-likeness (QED) is 0.846. The molecule has 0 unspecified atom stereocenters. The van der Waals surface area contributed by atoms with Crippen molar-refractivity contribution in [1.29, 1.82) is 0 Å². The van der Waals surface area contributed by atoms with Crippen LogP contribution in [-0.2, 0) is 16.1 Å². The van der Waals surface area contributed by atoms with Crippen LogP contribution in [0.5, 0.6) is 5.75 Å². The molecule has 28 heavy (non-hydrogen) atoms. The number of carbonyl (C=O) groups excluding carboxylic acids is 3. The van der Waals surface area contributed by atoms with E-state index in [0.717, 1.165) is 25.9 Å². The molecule has 1 aromatic carbocycles. The molecule has 1 N–H and O–H groups in total. The Morgan fingerprint density at radius 1 is 1.14 bits per heavy atom. The van der Waals surface area contributed by atoms with Crippen molar-refractivity contribution in [3.8, 4) is 5.75 Å². The molecular weight excluding hydrogens is 362 g/mol. The fourth-order valence-corrected chi connectivity index (χ4v) is 3.41. The molecule has 0 atom stereocenters. The summed E-state index contributed by atoms with van der Waals surface area (Å²) in [6.45, 7) is 1.42. The molecule has 146 valence electrons. The summed E-state index contributed by atoms with van der Waals surface area (Å²) < 4.78 is 10.6. The zero-order valence-electron chi connectivity index (χ0n) is 15.3. The number of hydrogen-bond acceptors (Lipinski definition) is 5. The van der Waals surface area contributed by atoms with Crippen molar-refractivity contribution in [3.63, 3.8) is 0 Å². The number of carbonyl (C=O) groups is 3. The van der Waals surface area contributed by atoms with Gasteiger partial charge >= 0.3 is 0 Å². The van der Waals surface area contributed by atoms with E-state index >= 15 is 0 Å². The van der Waals surface area contributed by atoms with Crippen molar-refractivity contribution in [3.05, 3.63) is 47.9 Å². The van der Waals surface area contributed by atoms with Crippen molar-refractivity contribution < 1.29 is 23.5 Å². The lowest BCUT2D eigenvalue weighted by molar-refractivity contribution is -0.125. The molecule has 3 heterocycles. The summed E-state index contributed by atoms with van der Waals surface area (Å²) in [7, 11) is 0. The first kappa shape index (κ1) is 18.1. The SMILES string of the molecule is O=C(CN1C(=O)COc2ccc(C(=O)N3CCCC3)cc21)NCc1ccco1. The maximum Gasteiger partial charge on any atom is 0.265 e. The fourth-order valence-electron chi connectivity index (χ4n) is 3.41. The maximum absolute atomic E-state index is 12.7. The van der Waals surface area contributed by atoms with Gasteiger partial charge in [-0.15, -0.1) is 0 Å². The van der Waals surface area contributed by atoms with Gasteiger partial charge in [-0.05, 0) is 43.2 Å². The highest BCUT2D eigenvalue weighted by atomic mass is 16.5. The monoisotopic (exact) mass is 383 g/mol. The molecule has 0 spiro atoms. The molecule has 0 aliphatic carbocycles. The number of amides is 3. The van der Waals surface area contributed by atoms with Crippen LogP contribution in [0.2, 0.25) is 0 Å².